The molecular formula is C16H17F3N2O4S. The van der Waals surface area contributed by atoms with Crippen molar-refractivity contribution in [3.8, 4) is 0 Å². The molecule has 2 atom stereocenters. The summed E-state index contributed by atoms with van der Waals surface area (Å²) in [5.74, 6) is -1.58. The summed E-state index contributed by atoms with van der Waals surface area (Å²) >= 11 is 1.09. The second-order valence-electron chi connectivity index (χ2n) is 5.43. The first-order valence-electron chi connectivity index (χ1n) is 7.77. The highest BCUT2D eigenvalue weighted by Gasteiger charge is 2.36. The van der Waals surface area contributed by atoms with E-state index < -0.39 is 40.8 Å². The summed E-state index contributed by atoms with van der Waals surface area (Å²) in [5, 5.41) is 3.86. The molecular weight excluding hydrogens is 373 g/mol. The molecule has 26 heavy (non-hydrogen) atoms. The van der Waals surface area contributed by atoms with Gasteiger partial charge in [-0.05, 0) is 19.1 Å². The molecule has 2 amide bonds. The molecule has 1 heterocycles. The molecule has 0 saturated carbocycles. The molecule has 142 valence electrons. The van der Waals surface area contributed by atoms with Crippen molar-refractivity contribution in [1.82, 2.24) is 5.32 Å². The van der Waals surface area contributed by atoms with Gasteiger partial charge in [-0.2, -0.15) is 13.2 Å². The number of amides is 2. The van der Waals surface area contributed by atoms with Crippen LogP contribution >= 0.6 is 11.8 Å². The largest absolute Gasteiger partial charge is 0.464 e. The van der Waals surface area contributed by atoms with Crippen LogP contribution in [-0.2, 0) is 25.3 Å². The number of halogens is 3. The first kappa shape index (κ1) is 20.1. The summed E-state index contributed by atoms with van der Waals surface area (Å²) in [6.45, 7) is 1.82. The number of benzene rings is 1. The van der Waals surface area contributed by atoms with Gasteiger partial charge in [0.05, 0.1) is 23.1 Å². The van der Waals surface area contributed by atoms with Gasteiger partial charge in [0, 0.05) is 12.2 Å². The highest BCUT2D eigenvalue weighted by molar-refractivity contribution is 8.00. The van der Waals surface area contributed by atoms with Gasteiger partial charge in [0.1, 0.15) is 6.04 Å². The second kappa shape index (κ2) is 8.43. The highest BCUT2D eigenvalue weighted by Crippen LogP contribution is 2.34. The Bertz CT molecular complexity index is 696. The number of ether oxygens (including phenoxy) is 1. The van der Waals surface area contributed by atoms with Gasteiger partial charge in [0.2, 0.25) is 11.8 Å². The Kier molecular flexibility index (Phi) is 6.52. The quantitative estimate of drug-likeness (QED) is 0.753. The van der Waals surface area contributed by atoms with Crippen LogP contribution in [0.4, 0.5) is 18.9 Å². The number of para-hydroxylation sites is 1. The van der Waals surface area contributed by atoms with E-state index in [9.17, 15) is 27.6 Å². The lowest BCUT2D eigenvalue weighted by Gasteiger charge is -2.27. The summed E-state index contributed by atoms with van der Waals surface area (Å²) in [4.78, 5) is 35.7. The summed E-state index contributed by atoms with van der Waals surface area (Å²) < 4.78 is 43.6. The normalized spacial score (nSPS) is 20.2. The van der Waals surface area contributed by atoms with E-state index in [4.69, 9.17) is 4.74 Å². The fourth-order valence-electron chi connectivity index (χ4n) is 2.32. The van der Waals surface area contributed by atoms with Crippen LogP contribution in [0.15, 0.2) is 24.3 Å². The number of esters is 1. The molecule has 0 bridgehead atoms. The van der Waals surface area contributed by atoms with Crippen LogP contribution in [0.5, 0.6) is 0 Å². The van der Waals surface area contributed by atoms with Gasteiger partial charge in [-0.15, -0.1) is 11.8 Å². The minimum atomic E-state index is -4.60. The topological polar surface area (TPSA) is 84.5 Å². The molecule has 6 nitrogen and oxygen atoms in total. The number of nitrogens with one attached hydrogen (secondary N) is 2. The molecule has 0 aliphatic carbocycles. The van der Waals surface area contributed by atoms with E-state index in [0.29, 0.717) is 0 Å². The lowest BCUT2D eigenvalue weighted by Crippen LogP contribution is -2.51. The van der Waals surface area contributed by atoms with E-state index in [2.05, 4.69) is 10.6 Å². The van der Waals surface area contributed by atoms with Gasteiger partial charge in [-0.3, -0.25) is 9.59 Å². The Balaban J connectivity index is 1.96. The van der Waals surface area contributed by atoms with Crippen molar-refractivity contribution in [1.29, 1.82) is 0 Å². The first-order valence-corrected chi connectivity index (χ1v) is 8.82. The monoisotopic (exact) mass is 390 g/mol. The number of rotatable bonds is 5. The second-order valence-corrected chi connectivity index (χ2v) is 6.67. The summed E-state index contributed by atoms with van der Waals surface area (Å²) in [6, 6.07) is 3.81. The van der Waals surface area contributed by atoms with E-state index in [-0.39, 0.29) is 24.5 Å². The zero-order chi connectivity index (χ0) is 19.3. The van der Waals surface area contributed by atoms with Crippen LogP contribution in [0.25, 0.3) is 0 Å². The lowest BCUT2D eigenvalue weighted by molar-refractivity contribution is -0.146. The molecule has 2 rings (SSSR count). The molecule has 10 heteroatoms. The third kappa shape index (κ3) is 5.13. The molecule has 1 aromatic carbocycles. The van der Waals surface area contributed by atoms with Crippen LogP contribution in [0.1, 0.15) is 18.9 Å². The van der Waals surface area contributed by atoms with Crippen molar-refractivity contribution >= 4 is 35.2 Å². The Morgan fingerprint density at radius 1 is 1.35 bits per heavy atom. The smallest absolute Gasteiger partial charge is 0.418 e. The van der Waals surface area contributed by atoms with Gasteiger partial charge >= 0.3 is 12.1 Å². The molecule has 0 aromatic heterocycles. The van der Waals surface area contributed by atoms with Crippen LogP contribution in [0.3, 0.4) is 0 Å². The maximum Gasteiger partial charge on any atom is 0.418 e. The predicted molar refractivity (Wildman–Crippen MR) is 89.5 cm³/mol. The minimum absolute atomic E-state index is 0.181. The van der Waals surface area contributed by atoms with E-state index >= 15 is 0 Å². The molecule has 1 fully saturated rings. The number of hydrogen-bond acceptors (Lipinski definition) is 5. The standard InChI is InChI=1S/C16H17F3N2O4S/c1-2-25-15(24)11-8-26-12(14(23)21-11)7-13(22)20-10-6-4-3-5-9(10)16(17,18)19/h3-6,11-12H,2,7-8H2,1H3,(H,20,22)(H,21,23). The molecule has 2 unspecified atom stereocenters. The number of carbonyl (C=O) groups is 3. The Morgan fingerprint density at radius 2 is 2.04 bits per heavy atom. The third-order valence-electron chi connectivity index (χ3n) is 3.52. The fourth-order valence-corrected chi connectivity index (χ4v) is 3.46. The molecule has 1 aliphatic heterocycles. The van der Waals surface area contributed by atoms with Crippen LogP contribution < -0.4 is 10.6 Å². The van der Waals surface area contributed by atoms with Crippen LogP contribution in [-0.4, -0.2) is 41.4 Å². The number of thioether (sulfide) groups is 1. The van der Waals surface area contributed by atoms with E-state index in [0.717, 1.165) is 23.9 Å². The Hall–Kier alpha value is -2.23. The van der Waals surface area contributed by atoms with Crippen molar-refractivity contribution in [2.24, 2.45) is 0 Å². The number of anilines is 1. The third-order valence-corrected chi connectivity index (χ3v) is 4.83. The highest BCUT2D eigenvalue weighted by atomic mass is 32.2. The number of hydrogen-bond donors (Lipinski definition) is 2. The summed E-state index contributed by atoms with van der Waals surface area (Å²) in [5.41, 5.74) is -1.33. The van der Waals surface area contributed by atoms with Crippen LogP contribution in [0.2, 0.25) is 0 Å². The van der Waals surface area contributed by atoms with Gasteiger partial charge in [0.15, 0.2) is 0 Å². The Morgan fingerprint density at radius 3 is 2.65 bits per heavy atom. The number of carbonyl (C=O) groups excluding carboxylic acids is 3. The van der Waals surface area contributed by atoms with E-state index in [1.165, 1.54) is 12.1 Å². The SMILES string of the molecule is CCOC(=O)C1CSC(CC(=O)Nc2ccccc2C(F)(F)F)C(=O)N1. The van der Waals surface area contributed by atoms with Gasteiger partial charge in [0.25, 0.3) is 0 Å². The zero-order valence-corrected chi connectivity index (χ0v) is 14.6. The van der Waals surface area contributed by atoms with Gasteiger partial charge in [-0.25, -0.2) is 4.79 Å². The number of alkyl halides is 3. The fraction of sp³-hybridized carbons (Fsp3) is 0.438. The maximum absolute atomic E-state index is 12.9. The van der Waals surface area contributed by atoms with Gasteiger partial charge in [-0.1, -0.05) is 12.1 Å². The minimum Gasteiger partial charge on any atom is -0.464 e. The van der Waals surface area contributed by atoms with E-state index in [1.54, 1.807) is 6.92 Å². The van der Waals surface area contributed by atoms with Crippen molar-refractivity contribution in [3.05, 3.63) is 29.8 Å². The van der Waals surface area contributed by atoms with E-state index in [1.807, 2.05) is 0 Å². The zero-order valence-electron chi connectivity index (χ0n) is 13.8. The summed E-state index contributed by atoms with van der Waals surface area (Å²) in [6.07, 6.45) is -4.91. The van der Waals surface area contributed by atoms with Crippen molar-refractivity contribution in [2.75, 3.05) is 17.7 Å². The van der Waals surface area contributed by atoms with Gasteiger partial charge < -0.3 is 15.4 Å². The molecule has 1 aliphatic rings. The molecule has 1 aromatic rings. The molecule has 2 N–H and O–H groups in total. The van der Waals surface area contributed by atoms with Crippen LogP contribution in [0, 0.1) is 0 Å². The average molecular weight is 390 g/mol. The lowest BCUT2D eigenvalue weighted by atomic mass is 10.1. The average Bonchev–Trinajstić information content (AvgIpc) is 2.56. The summed E-state index contributed by atoms with van der Waals surface area (Å²) in [7, 11) is 0. The first-order chi connectivity index (χ1) is 12.2. The molecule has 0 spiro atoms. The predicted octanol–water partition coefficient (Wildman–Crippen LogP) is 2.20. The maximum atomic E-state index is 12.9. The van der Waals surface area contributed by atoms with Crippen molar-refractivity contribution in [3.63, 3.8) is 0 Å². The van der Waals surface area contributed by atoms with Crippen molar-refractivity contribution < 1.29 is 32.3 Å². The molecule has 0 radical (unpaired) electrons. The molecule has 1 saturated heterocycles. The Labute approximate surface area is 151 Å². The van der Waals surface area contributed by atoms with Crippen molar-refractivity contribution in [2.45, 2.75) is 30.8 Å².